The summed E-state index contributed by atoms with van der Waals surface area (Å²) in [7, 11) is 1.72. The Kier molecular flexibility index (Phi) is 12.5. The van der Waals surface area contributed by atoms with Gasteiger partial charge in [0.25, 0.3) is 11.8 Å². The molecular weight excluding hydrogens is 586 g/mol. The van der Waals surface area contributed by atoms with Crippen LogP contribution >= 0.6 is 0 Å². The van der Waals surface area contributed by atoms with E-state index in [1.54, 1.807) is 54.1 Å². The molecule has 1 aliphatic heterocycles. The minimum absolute atomic E-state index is 0.182. The average Bonchev–Trinajstić information content (AvgIpc) is 3.06. The highest BCUT2D eigenvalue weighted by molar-refractivity contribution is 6.05. The monoisotopic (exact) mass is 631 g/mol. The zero-order chi connectivity index (χ0) is 33.1. The van der Waals surface area contributed by atoms with E-state index in [-0.39, 0.29) is 54.7 Å². The van der Waals surface area contributed by atoms with Gasteiger partial charge < -0.3 is 35.0 Å². The Balaban J connectivity index is 1.60. The number of anilines is 2. The molecule has 4 atom stereocenters. The van der Waals surface area contributed by atoms with E-state index < -0.39 is 6.04 Å². The number of pyridine rings is 1. The first-order valence-corrected chi connectivity index (χ1v) is 15.8. The maximum absolute atomic E-state index is 14.3. The van der Waals surface area contributed by atoms with E-state index in [1.807, 2.05) is 44.2 Å². The summed E-state index contributed by atoms with van der Waals surface area (Å²) in [4.78, 5) is 47.4. The smallest absolute Gasteiger partial charge is 0.321 e. The summed E-state index contributed by atoms with van der Waals surface area (Å²) in [5, 5.41) is 16.0. The van der Waals surface area contributed by atoms with Crippen LogP contribution in [0, 0.1) is 5.92 Å². The third-order valence-corrected chi connectivity index (χ3v) is 8.08. The molecule has 3 N–H and O–H groups in total. The predicted octanol–water partition coefficient (Wildman–Crippen LogP) is 5.29. The Bertz CT molecular complexity index is 1440. The average molecular weight is 632 g/mol. The predicted molar refractivity (Wildman–Crippen MR) is 177 cm³/mol. The molecule has 0 fully saturated rings. The lowest BCUT2D eigenvalue weighted by atomic mass is 10.0. The van der Waals surface area contributed by atoms with Gasteiger partial charge in [-0.2, -0.15) is 0 Å². The van der Waals surface area contributed by atoms with Crippen LogP contribution in [-0.4, -0.2) is 89.3 Å². The second kappa shape index (κ2) is 16.7. The van der Waals surface area contributed by atoms with Crippen molar-refractivity contribution in [1.29, 1.82) is 0 Å². The Hall–Kier alpha value is -4.48. The number of ether oxygens (including phenoxy) is 2. The minimum Gasteiger partial charge on any atom is -0.490 e. The molecule has 0 radical (unpaired) electrons. The first-order valence-electron chi connectivity index (χ1n) is 15.8. The number of urea groups is 1. The van der Waals surface area contributed by atoms with Gasteiger partial charge in [0.1, 0.15) is 5.75 Å². The van der Waals surface area contributed by atoms with E-state index in [4.69, 9.17) is 9.47 Å². The van der Waals surface area contributed by atoms with Gasteiger partial charge >= 0.3 is 6.03 Å². The van der Waals surface area contributed by atoms with Gasteiger partial charge in [0.15, 0.2) is 0 Å². The zero-order valence-electron chi connectivity index (χ0n) is 27.0. The Morgan fingerprint density at radius 3 is 2.50 bits per heavy atom. The largest absolute Gasteiger partial charge is 0.490 e. The normalized spacial score (nSPS) is 20.0. The van der Waals surface area contributed by atoms with Gasteiger partial charge in [0.2, 0.25) is 0 Å². The first kappa shape index (κ1) is 34.4. The highest BCUT2D eigenvalue weighted by atomic mass is 16.5. The molecule has 4 amide bonds. The summed E-state index contributed by atoms with van der Waals surface area (Å²) in [5.41, 5.74) is 1.84. The van der Waals surface area contributed by atoms with Gasteiger partial charge in [-0.3, -0.25) is 14.6 Å². The van der Waals surface area contributed by atoms with E-state index in [0.717, 1.165) is 19.3 Å². The number of carbonyl (C=O) groups is 3. The van der Waals surface area contributed by atoms with Crippen LogP contribution in [-0.2, 0) is 4.74 Å². The quantitative estimate of drug-likeness (QED) is 0.323. The molecule has 11 nitrogen and oxygen atoms in total. The molecular formula is C35H45N5O6. The van der Waals surface area contributed by atoms with Gasteiger partial charge in [-0.05, 0) is 75.6 Å². The fourth-order valence-corrected chi connectivity index (χ4v) is 5.26. The molecule has 0 unspecified atom stereocenters. The molecule has 0 bridgehead atoms. The second-order valence-electron chi connectivity index (χ2n) is 11.9. The summed E-state index contributed by atoms with van der Waals surface area (Å²) in [6.07, 6.45) is 4.91. The standard InChI is InChI=1S/C35H45N5O6/c1-24-21-40(25(2)23-41)34(43)30-20-29(37-33(42)27-15-17-36-18-16-27)13-14-31(30)46-26(3)10-8-9-19-45-32(24)22-39(4)35(44)38-28-11-6-5-7-12-28/h5-7,11-18,20,24-26,32,41H,8-10,19,21-23H2,1-4H3,(H,37,42)(H,38,44)/t24-,25+,26-,32-/m0/s1. The number of nitrogens with one attached hydrogen (secondary N) is 2. The van der Waals surface area contributed by atoms with Crippen molar-refractivity contribution in [1.82, 2.24) is 14.8 Å². The molecule has 4 rings (SSSR count). The molecule has 246 valence electrons. The van der Waals surface area contributed by atoms with Crippen molar-refractivity contribution < 1.29 is 29.0 Å². The van der Waals surface area contributed by atoms with Crippen molar-refractivity contribution in [2.75, 3.05) is 44.0 Å². The number of amides is 4. The lowest BCUT2D eigenvalue weighted by molar-refractivity contribution is -0.0115. The van der Waals surface area contributed by atoms with Crippen molar-refractivity contribution in [2.45, 2.75) is 58.3 Å². The number of likely N-dealkylation sites (N-methyl/N-ethyl adjacent to an activating group) is 1. The maximum Gasteiger partial charge on any atom is 0.321 e. The molecule has 2 heterocycles. The lowest BCUT2D eigenvalue weighted by Crippen LogP contribution is -2.48. The molecule has 3 aromatic rings. The maximum atomic E-state index is 14.3. The fourth-order valence-electron chi connectivity index (χ4n) is 5.26. The van der Waals surface area contributed by atoms with Crippen LogP contribution in [0.2, 0.25) is 0 Å². The van der Waals surface area contributed by atoms with Gasteiger partial charge in [0.05, 0.1) is 30.4 Å². The first-order chi connectivity index (χ1) is 22.2. The van der Waals surface area contributed by atoms with Crippen LogP contribution in [0.3, 0.4) is 0 Å². The Labute approximate surface area is 270 Å². The van der Waals surface area contributed by atoms with Crippen molar-refractivity contribution >= 4 is 29.2 Å². The number of aliphatic hydroxyl groups excluding tert-OH is 1. The molecule has 46 heavy (non-hydrogen) atoms. The molecule has 0 saturated carbocycles. The van der Waals surface area contributed by atoms with E-state index in [1.165, 1.54) is 12.4 Å². The molecule has 11 heteroatoms. The molecule has 0 spiro atoms. The number of hydrogen-bond donors (Lipinski definition) is 3. The van der Waals surface area contributed by atoms with E-state index >= 15 is 0 Å². The topological polar surface area (TPSA) is 133 Å². The molecule has 1 aliphatic rings. The number of carbonyl (C=O) groups excluding carboxylic acids is 3. The number of rotatable bonds is 7. The highest BCUT2D eigenvalue weighted by Crippen LogP contribution is 2.29. The van der Waals surface area contributed by atoms with E-state index in [9.17, 15) is 19.5 Å². The third-order valence-electron chi connectivity index (χ3n) is 8.08. The van der Waals surface area contributed by atoms with Crippen LogP contribution in [0.4, 0.5) is 16.2 Å². The summed E-state index contributed by atoms with van der Waals surface area (Å²) in [5.74, 6) is -0.476. The summed E-state index contributed by atoms with van der Waals surface area (Å²) in [6.45, 7) is 6.51. The van der Waals surface area contributed by atoms with Gasteiger partial charge in [0, 0.05) is 62.0 Å². The lowest BCUT2D eigenvalue weighted by Gasteiger charge is -2.35. The number of para-hydroxylation sites is 1. The SMILES string of the molecule is C[C@H](CO)N1C[C@H](C)[C@H](CN(C)C(=O)Nc2ccccc2)OCCCC[C@H](C)Oc2ccc(NC(=O)c3ccncc3)cc2C1=O. The summed E-state index contributed by atoms with van der Waals surface area (Å²) < 4.78 is 12.6. The number of fused-ring (bicyclic) bond motifs is 1. The number of benzene rings is 2. The molecule has 2 aromatic carbocycles. The van der Waals surface area contributed by atoms with Crippen molar-refractivity contribution in [2.24, 2.45) is 5.92 Å². The number of hydrogen-bond acceptors (Lipinski definition) is 7. The molecule has 1 aromatic heterocycles. The minimum atomic E-state index is -0.525. The highest BCUT2D eigenvalue weighted by Gasteiger charge is 2.31. The summed E-state index contributed by atoms with van der Waals surface area (Å²) in [6, 6.07) is 16.7. The molecule has 0 saturated heterocycles. The van der Waals surface area contributed by atoms with E-state index in [2.05, 4.69) is 15.6 Å². The van der Waals surface area contributed by atoms with Crippen molar-refractivity contribution in [3.8, 4) is 5.75 Å². The van der Waals surface area contributed by atoms with Gasteiger partial charge in [-0.25, -0.2) is 4.79 Å². The van der Waals surface area contributed by atoms with Gasteiger partial charge in [-0.1, -0.05) is 25.1 Å². The molecule has 0 aliphatic carbocycles. The Morgan fingerprint density at radius 1 is 1.04 bits per heavy atom. The van der Waals surface area contributed by atoms with Crippen molar-refractivity contribution in [3.05, 3.63) is 84.2 Å². The van der Waals surface area contributed by atoms with Crippen LogP contribution < -0.4 is 15.4 Å². The zero-order valence-corrected chi connectivity index (χ0v) is 27.0. The Morgan fingerprint density at radius 2 is 1.78 bits per heavy atom. The van der Waals surface area contributed by atoms with Crippen LogP contribution in [0.5, 0.6) is 5.75 Å². The second-order valence-corrected chi connectivity index (χ2v) is 11.9. The van der Waals surface area contributed by atoms with Crippen molar-refractivity contribution in [3.63, 3.8) is 0 Å². The number of aliphatic hydroxyl groups is 1. The number of aromatic nitrogens is 1. The van der Waals surface area contributed by atoms with Gasteiger partial charge in [-0.15, -0.1) is 0 Å². The van der Waals surface area contributed by atoms with Crippen LogP contribution in [0.1, 0.15) is 60.7 Å². The fraction of sp³-hybridized carbons (Fsp3) is 0.429. The van der Waals surface area contributed by atoms with Crippen LogP contribution in [0.15, 0.2) is 73.1 Å². The van der Waals surface area contributed by atoms with E-state index in [0.29, 0.717) is 35.8 Å². The number of nitrogens with zero attached hydrogens (tertiary/aromatic N) is 3. The third kappa shape index (κ3) is 9.51. The van der Waals surface area contributed by atoms with Crippen LogP contribution in [0.25, 0.3) is 0 Å². The summed E-state index contributed by atoms with van der Waals surface area (Å²) >= 11 is 0.